The summed E-state index contributed by atoms with van der Waals surface area (Å²) in [5, 5.41) is 0.736. The predicted octanol–water partition coefficient (Wildman–Crippen LogP) is 5.28. The molecule has 0 aliphatic carbocycles. The van der Waals surface area contributed by atoms with Gasteiger partial charge in [-0.1, -0.05) is 66.2 Å². The highest BCUT2D eigenvalue weighted by molar-refractivity contribution is 6.31. The molecular weight excluding hydrogens is 318 g/mol. The third kappa shape index (κ3) is 3.97. The van der Waals surface area contributed by atoms with Crippen molar-refractivity contribution < 1.29 is 4.74 Å². The van der Waals surface area contributed by atoms with E-state index in [4.69, 9.17) is 22.1 Å². The van der Waals surface area contributed by atoms with Crippen molar-refractivity contribution in [2.75, 3.05) is 0 Å². The third-order valence-electron chi connectivity index (χ3n) is 4.02. The van der Waals surface area contributed by atoms with E-state index in [1.807, 2.05) is 79.7 Å². The number of halogens is 1. The van der Waals surface area contributed by atoms with E-state index in [1.165, 1.54) is 0 Å². The van der Waals surface area contributed by atoms with Crippen LogP contribution >= 0.6 is 11.6 Å². The summed E-state index contributed by atoms with van der Waals surface area (Å²) in [6.45, 7) is 2.52. The Morgan fingerprint density at radius 3 is 2.42 bits per heavy atom. The van der Waals surface area contributed by atoms with Gasteiger partial charge in [0, 0.05) is 5.02 Å². The van der Waals surface area contributed by atoms with Crippen LogP contribution in [0.2, 0.25) is 5.02 Å². The summed E-state index contributed by atoms with van der Waals surface area (Å²) >= 11 is 6.21. The lowest BCUT2D eigenvalue weighted by atomic mass is 9.98. The van der Waals surface area contributed by atoms with Crippen LogP contribution in [0.3, 0.4) is 0 Å². The first-order valence-corrected chi connectivity index (χ1v) is 8.29. The van der Waals surface area contributed by atoms with Gasteiger partial charge in [-0.15, -0.1) is 0 Å². The van der Waals surface area contributed by atoms with Crippen LogP contribution in [0.4, 0.5) is 0 Å². The van der Waals surface area contributed by atoms with Crippen LogP contribution in [-0.2, 0) is 6.61 Å². The molecule has 1 unspecified atom stereocenters. The molecule has 0 bridgehead atoms. The summed E-state index contributed by atoms with van der Waals surface area (Å²) < 4.78 is 5.88. The summed E-state index contributed by atoms with van der Waals surface area (Å²) in [5.41, 5.74) is 10.6. The Bertz CT molecular complexity index is 817. The lowest BCUT2D eigenvalue weighted by molar-refractivity contribution is 0.306. The minimum atomic E-state index is -0.233. The van der Waals surface area contributed by atoms with Crippen molar-refractivity contribution >= 4 is 11.6 Å². The molecule has 24 heavy (non-hydrogen) atoms. The highest BCUT2D eigenvalue weighted by Crippen LogP contribution is 2.26. The third-order valence-corrected chi connectivity index (χ3v) is 4.43. The Balaban J connectivity index is 1.75. The molecule has 0 aromatic heterocycles. The molecule has 0 heterocycles. The number of rotatable bonds is 5. The van der Waals surface area contributed by atoms with Crippen molar-refractivity contribution in [3.63, 3.8) is 0 Å². The van der Waals surface area contributed by atoms with Gasteiger partial charge < -0.3 is 10.5 Å². The molecule has 0 saturated heterocycles. The molecule has 0 aliphatic rings. The predicted molar refractivity (Wildman–Crippen MR) is 99.4 cm³/mol. The van der Waals surface area contributed by atoms with Gasteiger partial charge in [-0.2, -0.15) is 0 Å². The van der Waals surface area contributed by atoms with Crippen molar-refractivity contribution in [1.29, 1.82) is 0 Å². The molecule has 0 spiro atoms. The minimum Gasteiger partial charge on any atom is -0.489 e. The van der Waals surface area contributed by atoms with Crippen molar-refractivity contribution in [3.05, 3.63) is 100 Å². The monoisotopic (exact) mass is 337 g/mol. The van der Waals surface area contributed by atoms with Gasteiger partial charge in [0.15, 0.2) is 0 Å². The summed E-state index contributed by atoms with van der Waals surface area (Å²) in [6.07, 6.45) is 0. The first kappa shape index (κ1) is 16.6. The van der Waals surface area contributed by atoms with Crippen LogP contribution < -0.4 is 10.5 Å². The van der Waals surface area contributed by atoms with Gasteiger partial charge >= 0.3 is 0 Å². The quantitative estimate of drug-likeness (QED) is 0.687. The van der Waals surface area contributed by atoms with Crippen molar-refractivity contribution in [1.82, 2.24) is 0 Å². The Kier molecular flexibility index (Phi) is 5.19. The van der Waals surface area contributed by atoms with Crippen molar-refractivity contribution in [3.8, 4) is 5.75 Å². The van der Waals surface area contributed by atoms with Crippen LogP contribution in [0.25, 0.3) is 0 Å². The molecule has 3 aromatic carbocycles. The number of aryl methyl sites for hydroxylation is 1. The molecule has 3 rings (SSSR count). The second-order valence-corrected chi connectivity index (χ2v) is 6.24. The maximum Gasteiger partial charge on any atom is 0.120 e. The largest absolute Gasteiger partial charge is 0.489 e. The van der Waals surface area contributed by atoms with E-state index >= 15 is 0 Å². The highest BCUT2D eigenvalue weighted by atomic mass is 35.5. The van der Waals surface area contributed by atoms with Gasteiger partial charge in [-0.3, -0.25) is 0 Å². The fraction of sp³-hybridized carbons (Fsp3) is 0.143. The van der Waals surface area contributed by atoms with E-state index in [9.17, 15) is 0 Å². The van der Waals surface area contributed by atoms with Gasteiger partial charge in [0.05, 0.1) is 6.04 Å². The minimum absolute atomic E-state index is 0.233. The molecule has 0 amide bonds. The molecule has 122 valence electrons. The molecule has 0 saturated carbocycles. The Morgan fingerprint density at radius 2 is 1.67 bits per heavy atom. The Hall–Kier alpha value is -2.29. The normalized spacial score (nSPS) is 12.0. The zero-order valence-corrected chi connectivity index (χ0v) is 14.3. The SMILES string of the molecule is Cc1ccc(C(N)c2cccc(OCc3ccccc3)c2)cc1Cl. The zero-order valence-electron chi connectivity index (χ0n) is 13.6. The Morgan fingerprint density at radius 1 is 0.917 bits per heavy atom. The van der Waals surface area contributed by atoms with E-state index in [-0.39, 0.29) is 6.04 Å². The molecule has 3 aromatic rings. The number of ether oxygens (including phenoxy) is 1. The van der Waals surface area contributed by atoms with Gasteiger partial charge in [0.25, 0.3) is 0 Å². The van der Waals surface area contributed by atoms with Gasteiger partial charge in [0.2, 0.25) is 0 Å². The first-order chi connectivity index (χ1) is 11.6. The van der Waals surface area contributed by atoms with E-state index < -0.39 is 0 Å². The zero-order chi connectivity index (χ0) is 16.9. The van der Waals surface area contributed by atoms with E-state index in [0.29, 0.717) is 6.61 Å². The molecule has 2 N–H and O–H groups in total. The van der Waals surface area contributed by atoms with Crippen LogP contribution in [0.1, 0.15) is 28.3 Å². The maximum absolute atomic E-state index is 6.40. The van der Waals surface area contributed by atoms with Crippen molar-refractivity contribution in [2.24, 2.45) is 5.73 Å². The first-order valence-electron chi connectivity index (χ1n) is 7.92. The van der Waals surface area contributed by atoms with Crippen LogP contribution in [0, 0.1) is 6.92 Å². The summed E-state index contributed by atoms with van der Waals surface area (Å²) in [7, 11) is 0. The van der Waals surface area contributed by atoms with Crippen LogP contribution in [0.15, 0.2) is 72.8 Å². The molecule has 0 aliphatic heterocycles. The maximum atomic E-state index is 6.40. The number of benzene rings is 3. The molecule has 2 nitrogen and oxygen atoms in total. The average molecular weight is 338 g/mol. The second-order valence-electron chi connectivity index (χ2n) is 5.83. The Labute approximate surface area is 147 Å². The fourth-order valence-corrected chi connectivity index (χ4v) is 2.72. The second kappa shape index (κ2) is 7.52. The number of nitrogens with two attached hydrogens (primary N) is 1. The van der Waals surface area contributed by atoms with E-state index in [2.05, 4.69) is 0 Å². The van der Waals surface area contributed by atoms with Crippen LogP contribution in [-0.4, -0.2) is 0 Å². The summed E-state index contributed by atoms with van der Waals surface area (Å²) in [4.78, 5) is 0. The summed E-state index contributed by atoms with van der Waals surface area (Å²) in [5.74, 6) is 0.810. The van der Waals surface area contributed by atoms with Gasteiger partial charge in [-0.05, 0) is 47.4 Å². The lowest BCUT2D eigenvalue weighted by Crippen LogP contribution is -2.12. The lowest BCUT2D eigenvalue weighted by Gasteiger charge is -2.15. The number of hydrogen-bond acceptors (Lipinski definition) is 2. The molecule has 0 fully saturated rings. The van der Waals surface area contributed by atoms with Gasteiger partial charge in [-0.25, -0.2) is 0 Å². The fourth-order valence-electron chi connectivity index (χ4n) is 2.53. The molecular formula is C21H20ClNO. The topological polar surface area (TPSA) is 35.2 Å². The molecule has 1 atom stereocenters. The highest BCUT2D eigenvalue weighted by Gasteiger charge is 2.11. The number of hydrogen-bond donors (Lipinski definition) is 1. The van der Waals surface area contributed by atoms with E-state index in [1.54, 1.807) is 0 Å². The van der Waals surface area contributed by atoms with Crippen molar-refractivity contribution in [2.45, 2.75) is 19.6 Å². The average Bonchev–Trinajstić information content (AvgIpc) is 2.63. The van der Waals surface area contributed by atoms with E-state index in [0.717, 1.165) is 33.0 Å². The molecule has 0 radical (unpaired) electrons. The standard InChI is InChI=1S/C21H20ClNO/c1-15-10-11-18(13-20(15)22)21(23)17-8-5-9-19(12-17)24-14-16-6-3-2-4-7-16/h2-13,21H,14,23H2,1H3. The smallest absolute Gasteiger partial charge is 0.120 e. The molecule has 3 heteroatoms. The van der Waals surface area contributed by atoms with Gasteiger partial charge in [0.1, 0.15) is 12.4 Å². The summed E-state index contributed by atoms with van der Waals surface area (Å²) in [6, 6.07) is 23.7. The van der Waals surface area contributed by atoms with Crippen LogP contribution in [0.5, 0.6) is 5.75 Å².